The summed E-state index contributed by atoms with van der Waals surface area (Å²) < 4.78 is 22.9. The van der Waals surface area contributed by atoms with Crippen LogP contribution in [0.25, 0.3) is 0 Å². The fraction of sp³-hybridized carbons (Fsp3) is 0.571. The van der Waals surface area contributed by atoms with E-state index in [0.717, 1.165) is 25.2 Å². The first-order valence-electron chi connectivity index (χ1n) is 6.51. The van der Waals surface area contributed by atoms with E-state index in [2.05, 4.69) is 18.7 Å². The molecule has 19 heavy (non-hydrogen) atoms. The largest absolute Gasteiger partial charge is 0.371 e. The molecule has 5 heteroatoms. The molecule has 4 nitrogen and oxygen atoms in total. The summed E-state index contributed by atoms with van der Waals surface area (Å²) in [6, 6.07) is 7.32. The minimum atomic E-state index is -3.12. The molecule has 2 N–H and O–H groups in total. The molecule has 0 spiro atoms. The Morgan fingerprint density at radius 1 is 1.26 bits per heavy atom. The molecule has 1 saturated heterocycles. The zero-order chi connectivity index (χ0) is 14.3. The second-order valence-corrected chi connectivity index (χ2v) is 8.09. The number of hydrogen-bond donors (Lipinski definition) is 1. The highest BCUT2D eigenvalue weighted by atomic mass is 32.2. The molecule has 1 atom stereocenters. The van der Waals surface area contributed by atoms with Gasteiger partial charge in [-0.15, -0.1) is 0 Å². The van der Waals surface area contributed by atoms with E-state index in [1.807, 2.05) is 12.1 Å². The van der Waals surface area contributed by atoms with Crippen molar-refractivity contribution in [2.24, 2.45) is 11.1 Å². The third-order valence-corrected chi connectivity index (χ3v) is 5.07. The van der Waals surface area contributed by atoms with Gasteiger partial charge in [0.1, 0.15) is 0 Å². The van der Waals surface area contributed by atoms with E-state index < -0.39 is 9.84 Å². The van der Waals surface area contributed by atoms with Crippen molar-refractivity contribution in [3.05, 3.63) is 24.3 Å². The van der Waals surface area contributed by atoms with Crippen LogP contribution in [0.15, 0.2) is 29.2 Å². The normalized spacial score (nSPS) is 23.4. The molecule has 2 rings (SSSR count). The van der Waals surface area contributed by atoms with E-state index in [4.69, 9.17) is 5.73 Å². The number of piperidine rings is 1. The zero-order valence-corrected chi connectivity index (χ0v) is 12.6. The van der Waals surface area contributed by atoms with Gasteiger partial charge in [-0.25, -0.2) is 8.42 Å². The lowest BCUT2D eigenvalue weighted by molar-refractivity contribution is 0.245. The number of rotatable bonds is 2. The summed E-state index contributed by atoms with van der Waals surface area (Å²) >= 11 is 0. The molecule has 1 aliphatic heterocycles. The molecular weight excluding hydrogens is 260 g/mol. The smallest absolute Gasteiger partial charge is 0.175 e. The van der Waals surface area contributed by atoms with E-state index in [9.17, 15) is 8.42 Å². The first-order chi connectivity index (χ1) is 8.70. The summed E-state index contributed by atoms with van der Waals surface area (Å²) in [6.45, 7) is 6.17. The van der Waals surface area contributed by atoms with Gasteiger partial charge in [-0.2, -0.15) is 0 Å². The first-order valence-corrected chi connectivity index (χ1v) is 8.40. The van der Waals surface area contributed by atoms with Crippen LogP contribution in [0.5, 0.6) is 0 Å². The van der Waals surface area contributed by atoms with Gasteiger partial charge in [-0.3, -0.25) is 0 Å². The molecule has 1 aromatic carbocycles. The third-order valence-electron chi connectivity index (χ3n) is 3.94. The Balaban J connectivity index is 2.20. The number of hydrogen-bond acceptors (Lipinski definition) is 4. The molecule has 1 aromatic rings. The van der Waals surface area contributed by atoms with E-state index in [1.165, 1.54) is 6.26 Å². The van der Waals surface area contributed by atoms with E-state index >= 15 is 0 Å². The van der Waals surface area contributed by atoms with Crippen molar-refractivity contribution in [1.29, 1.82) is 0 Å². The van der Waals surface area contributed by atoms with Crippen LogP contribution in [0.1, 0.15) is 20.3 Å². The van der Waals surface area contributed by atoms with Crippen LogP contribution in [-0.4, -0.2) is 33.8 Å². The Kier molecular flexibility index (Phi) is 3.62. The zero-order valence-electron chi connectivity index (χ0n) is 11.8. The van der Waals surface area contributed by atoms with E-state index in [1.54, 1.807) is 12.1 Å². The fourth-order valence-corrected chi connectivity index (χ4v) is 3.13. The van der Waals surface area contributed by atoms with Crippen molar-refractivity contribution in [3.8, 4) is 0 Å². The molecule has 0 saturated carbocycles. The average Bonchev–Trinajstić information content (AvgIpc) is 2.32. The van der Waals surface area contributed by atoms with Crippen LogP contribution in [0, 0.1) is 5.41 Å². The van der Waals surface area contributed by atoms with Gasteiger partial charge in [0.25, 0.3) is 0 Å². The van der Waals surface area contributed by atoms with Gasteiger partial charge < -0.3 is 10.6 Å². The van der Waals surface area contributed by atoms with E-state index in [-0.39, 0.29) is 11.5 Å². The maximum atomic E-state index is 11.4. The topological polar surface area (TPSA) is 63.4 Å². The SMILES string of the molecule is CC1(C)CN(c2ccc(S(C)(=O)=O)cc2)CCC1N. The van der Waals surface area contributed by atoms with Crippen LogP contribution in [0.4, 0.5) is 5.69 Å². The van der Waals surface area contributed by atoms with Gasteiger partial charge in [-0.05, 0) is 36.1 Å². The van der Waals surface area contributed by atoms with Crippen molar-refractivity contribution in [2.45, 2.75) is 31.2 Å². The van der Waals surface area contributed by atoms with Crippen molar-refractivity contribution in [2.75, 3.05) is 24.2 Å². The summed E-state index contributed by atoms with van der Waals surface area (Å²) in [7, 11) is -3.12. The van der Waals surface area contributed by atoms with Gasteiger partial charge in [0, 0.05) is 31.1 Å². The quantitative estimate of drug-likeness (QED) is 0.896. The molecule has 1 aliphatic rings. The van der Waals surface area contributed by atoms with Gasteiger partial charge in [0.2, 0.25) is 0 Å². The number of benzene rings is 1. The highest BCUT2D eigenvalue weighted by Gasteiger charge is 2.33. The van der Waals surface area contributed by atoms with Crippen molar-refractivity contribution >= 4 is 15.5 Å². The standard InChI is InChI=1S/C14H22N2O2S/c1-14(2)10-16(9-8-13(14)15)11-4-6-12(7-5-11)19(3,17)18/h4-7,13H,8-10,15H2,1-3H3. The highest BCUT2D eigenvalue weighted by Crippen LogP contribution is 2.31. The summed E-state index contributed by atoms with van der Waals surface area (Å²) in [5.41, 5.74) is 7.27. The molecule has 1 heterocycles. The van der Waals surface area contributed by atoms with Crippen molar-refractivity contribution < 1.29 is 8.42 Å². The fourth-order valence-electron chi connectivity index (χ4n) is 2.50. The van der Waals surface area contributed by atoms with Crippen molar-refractivity contribution in [1.82, 2.24) is 0 Å². The Hall–Kier alpha value is -1.07. The molecular formula is C14H22N2O2S. The van der Waals surface area contributed by atoms with E-state index in [0.29, 0.717) is 4.90 Å². The Labute approximate surface area is 115 Å². The molecule has 0 aliphatic carbocycles. The molecule has 1 fully saturated rings. The molecule has 0 amide bonds. The van der Waals surface area contributed by atoms with Crippen LogP contribution >= 0.6 is 0 Å². The van der Waals surface area contributed by atoms with Crippen LogP contribution < -0.4 is 10.6 Å². The number of nitrogens with zero attached hydrogens (tertiary/aromatic N) is 1. The first kappa shape index (κ1) is 14.3. The highest BCUT2D eigenvalue weighted by molar-refractivity contribution is 7.90. The molecule has 106 valence electrons. The molecule has 0 aromatic heterocycles. The maximum absolute atomic E-state index is 11.4. The summed E-state index contributed by atoms with van der Waals surface area (Å²) in [6.07, 6.45) is 2.19. The summed E-state index contributed by atoms with van der Waals surface area (Å²) in [4.78, 5) is 2.64. The monoisotopic (exact) mass is 282 g/mol. The lowest BCUT2D eigenvalue weighted by Crippen LogP contribution is -2.52. The summed E-state index contributed by atoms with van der Waals surface area (Å²) in [5, 5.41) is 0. The van der Waals surface area contributed by atoms with Gasteiger partial charge >= 0.3 is 0 Å². The molecule has 0 radical (unpaired) electrons. The number of anilines is 1. The van der Waals surface area contributed by atoms with Crippen LogP contribution in [0.3, 0.4) is 0 Å². The minimum absolute atomic E-state index is 0.0771. The predicted octanol–water partition coefficient (Wildman–Crippen LogP) is 1.65. The third kappa shape index (κ3) is 3.09. The average molecular weight is 282 g/mol. The van der Waals surface area contributed by atoms with Gasteiger partial charge in [0.05, 0.1) is 4.90 Å². The summed E-state index contributed by atoms with van der Waals surface area (Å²) in [5.74, 6) is 0. The number of nitrogens with two attached hydrogens (primary N) is 1. The molecule has 0 bridgehead atoms. The molecule has 1 unspecified atom stereocenters. The van der Waals surface area contributed by atoms with Gasteiger partial charge in [0.15, 0.2) is 9.84 Å². The van der Waals surface area contributed by atoms with Crippen LogP contribution in [0.2, 0.25) is 0 Å². The number of sulfone groups is 1. The Morgan fingerprint density at radius 3 is 2.32 bits per heavy atom. The lowest BCUT2D eigenvalue weighted by atomic mass is 9.79. The van der Waals surface area contributed by atoms with Crippen molar-refractivity contribution in [3.63, 3.8) is 0 Å². The van der Waals surface area contributed by atoms with Crippen LogP contribution in [-0.2, 0) is 9.84 Å². The Bertz CT molecular complexity index is 549. The maximum Gasteiger partial charge on any atom is 0.175 e. The van der Waals surface area contributed by atoms with Gasteiger partial charge in [-0.1, -0.05) is 13.8 Å². The lowest BCUT2D eigenvalue weighted by Gasteiger charge is -2.43. The predicted molar refractivity (Wildman–Crippen MR) is 78.1 cm³/mol. The second kappa shape index (κ2) is 4.80. The minimum Gasteiger partial charge on any atom is -0.371 e. The Morgan fingerprint density at radius 2 is 1.84 bits per heavy atom. The second-order valence-electron chi connectivity index (χ2n) is 6.07.